The number of hydrogen-bond donors (Lipinski definition) is 0. The van der Waals surface area contributed by atoms with Crippen LogP contribution in [0.3, 0.4) is 0 Å². The van der Waals surface area contributed by atoms with Gasteiger partial charge in [0.2, 0.25) is 5.91 Å². The predicted molar refractivity (Wildman–Crippen MR) is 98.8 cm³/mol. The van der Waals surface area contributed by atoms with Crippen LogP contribution in [0.25, 0.3) is 0 Å². The second-order valence-electron chi connectivity index (χ2n) is 7.90. The maximum atomic E-state index is 12.5. The lowest BCUT2D eigenvalue weighted by atomic mass is 9.98. The molecule has 3 heterocycles. The number of hydrogen-bond acceptors (Lipinski definition) is 3. The van der Waals surface area contributed by atoms with Crippen molar-refractivity contribution in [3.05, 3.63) is 35.9 Å². The van der Waals surface area contributed by atoms with Crippen LogP contribution in [0.1, 0.15) is 55.8 Å². The first-order chi connectivity index (χ1) is 12.6. The van der Waals surface area contributed by atoms with E-state index < -0.39 is 0 Å². The molecule has 0 spiro atoms. The topological polar surface area (TPSA) is 49.9 Å². The molecule has 3 atom stereocenters. The molecule has 5 nitrogen and oxygen atoms in total. The SMILES string of the molecule is CC(=O)N1[C@@H]2CC[C@H]1CC(OC1CCN(C(=O)c3ccccc3)CC1)C2. The number of nitrogens with zero attached hydrogens (tertiary/aromatic N) is 2. The van der Waals surface area contributed by atoms with Gasteiger partial charge in [-0.25, -0.2) is 0 Å². The van der Waals surface area contributed by atoms with Gasteiger partial charge in [-0.1, -0.05) is 18.2 Å². The summed E-state index contributed by atoms with van der Waals surface area (Å²) in [6.45, 7) is 3.21. The molecule has 5 heteroatoms. The van der Waals surface area contributed by atoms with Gasteiger partial charge in [-0.15, -0.1) is 0 Å². The van der Waals surface area contributed by atoms with Gasteiger partial charge in [0, 0.05) is 37.7 Å². The van der Waals surface area contributed by atoms with Crippen molar-refractivity contribution in [2.75, 3.05) is 13.1 Å². The van der Waals surface area contributed by atoms with Gasteiger partial charge >= 0.3 is 0 Å². The van der Waals surface area contributed by atoms with E-state index in [0.29, 0.717) is 12.1 Å². The third-order valence-electron chi connectivity index (χ3n) is 6.19. The second-order valence-corrected chi connectivity index (χ2v) is 7.90. The minimum atomic E-state index is 0.122. The molecule has 3 fully saturated rings. The Bertz CT molecular complexity index is 640. The quantitative estimate of drug-likeness (QED) is 0.837. The fraction of sp³-hybridized carbons (Fsp3) is 0.619. The lowest BCUT2D eigenvalue weighted by Gasteiger charge is -2.41. The summed E-state index contributed by atoms with van der Waals surface area (Å²) in [4.78, 5) is 28.4. The molecule has 140 valence electrons. The summed E-state index contributed by atoms with van der Waals surface area (Å²) in [5.74, 6) is 0.334. The number of rotatable bonds is 3. The van der Waals surface area contributed by atoms with Gasteiger partial charge in [0.15, 0.2) is 0 Å². The molecule has 0 aliphatic carbocycles. The molecule has 1 aromatic carbocycles. The molecule has 2 bridgehead atoms. The van der Waals surface area contributed by atoms with E-state index in [-0.39, 0.29) is 24.0 Å². The highest BCUT2D eigenvalue weighted by atomic mass is 16.5. The van der Waals surface area contributed by atoms with Crippen LogP contribution in [0.4, 0.5) is 0 Å². The van der Waals surface area contributed by atoms with Crippen LogP contribution in [-0.4, -0.2) is 59.0 Å². The zero-order valence-electron chi connectivity index (χ0n) is 15.5. The molecular formula is C21H28N2O3. The number of piperidine rings is 2. The molecule has 3 aliphatic heterocycles. The molecule has 3 saturated heterocycles. The molecule has 1 unspecified atom stereocenters. The summed E-state index contributed by atoms with van der Waals surface area (Å²) >= 11 is 0. The van der Waals surface area contributed by atoms with Crippen molar-refractivity contribution in [1.82, 2.24) is 9.80 Å². The summed E-state index contributed by atoms with van der Waals surface area (Å²) in [7, 11) is 0. The average molecular weight is 356 g/mol. The van der Waals surface area contributed by atoms with E-state index in [1.807, 2.05) is 35.2 Å². The lowest BCUT2D eigenvalue weighted by molar-refractivity contribution is -0.138. The summed E-state index contributed by atoms with van der Waals surface area (Å²) in [6, 6.07) is 10.2. The number of carbonyl (C=O) groups is 2. The third-order valence-corrected chi connectivity index (χ3v) is 6.19. The van der Waals surface area contributed by atoms with Crippen LogP contribution in [0, 0.1) is 0 Å². The average Bonchev–Trinajstić information content (AvgIpc) is 2.94. The second kappa shape index (κ2) is 7.39. The van der Waals surface area contributed by atoms with E-state index >= 15 is 0 Å². The number of fused-ring (bicyclic) bond motifs is 2. The van der Waals surface area contributed by atoms with Crippen molar-refractivity contribution in [3.8, 4) is 0 Å². The van der Waals surface area contributed by atoms with Gasteiger partial charge < -0.3 is 14.5 Å². The first-order valence-corrected chi connectivity index (χ1v) is 9.90. The van der Waals surface area contributed by atoms with E-state index in [4.69, 9.17) is 4.74 Å². The van der Waals surface area contributed by atoms with Gasteiger partial charge in [0.25, 0.3) is 5.91 Å². The Labute approximate surface area is 155 Å². The molecule has 0 aromatic heterocycles. The normalized spacial score (nSPS) is 29.0. The molecule has 26 heavy (non-hydrogen) atoms. The zero-order valence-corrected chi connectivity index (χ0v) is 15.5. The lowest BCUT2D eigenvalue weighted by Crippen LogP contribution is -2.49. The Morgan fingerprint density at radius 3 is 2.12 bits per heavy atom. The third kappa shape index (κ3) is 3.50. The standard InChI is InChI=1S/C21H28N2O3/c1-15(24)23-17-7-8-18(23)14-20(13-17)26-19-9-11-22(12-10-19)21(25)16-5-3-2-4-6-16/h2-6,17-20H,7-14H2,1H3/t17-,18+,20?. The molecule has 0 N–H and O–H groups in total. The van der Waals surface area contributed by atoms with E-state index in [0.717, 1.165) is 57.2 Å². The Morgan fingerprint density at radius 1 is 0.923 bits per heavy atom. The van der Waals surface area contributed by atoms with Crippen molar-refractivity contribution in [3.63, 3.8) is 0 Å². The van der Waals surface area contributed by atoms with Gasteiger partial charge in [-0.05, 0) is 50.7 Å². The van der Waals surface area contributed by atoms with Crippen LogP contribution in [0.2, 0.25) is 0 Å². The fourth-order valence-electron chi connectivity index (χ4n) is 4.98. The Balaban J connectivity index is 1.27. The van der Waals surface area contributed by atoms with Crippen LogP contribution in [-0.2, 0) is 9.53 Å². The molecule has 0 radical (unpaired) electrons. The number of benzene rings is 1. The van der Waals surface area contributed by atoms with Crippen molar-refractivity contribution in [2.24, 2.45) is 0 Å². The maximum absolute atomic E-state index is 12.5. The van der Waals surface area contributed by atoms with Crippen molar-refractivity contribution in [2.45, 2.75) is 69.7 Å². The largest absolute Gasteiger partial charge is 0.375 e. The van der Waals surface area contributed by atoms with E-state index in [1.54, 1.807) is 6.92 Å². The van der Waals surface area contributed by atoms with E-state index in [1.165, 1.54) is 0 Å². The Hall–Kier alpha value is -1.88. The molecule has 2 amide bonds. The molecule has 3 aliphatic rings. The Morgan fingerprint density at radius 2 is 1.54 bits per heavy atom. The fourth-order valence-corrected chi connectivity index (χ4v) is 4.98. The van der Waals surface area contributed by atoms with Crippen molar-refractivity contribution in [1.29, 1.82) is 0 Å². The molecule has 1 aromatic rings. The van der Waals surface area contributed by atoms with Gasteiger partial charge in [0.05, 0.1) is 12.2 Å². The van der Waals surface area contributed by atoms with Crippen molar-refractivity contribution < 1.29 is 14.3 Å². The van der Waals surface area contributed by atoms with E-state index in [9.17, 15) is 9.59 Å². The number of carbonyl (C=O) groups excluding carboxylic acids is 2. The van der Waals surface area contributed by atoms with Crippen LogP contribution in [0.15, 0.2) is 30.3 Å². The van der Waals surface area contributed by atoms with Gasteiger partial charge in [0.1, 0.15) is 0 Å². The Kier molecular flexibility index (Phi) is 4.98. The minimum Gasteiger partial charge on any atom is -0.375 e. The monoisotopic (exact) mass is 356 g/mol. The number of amides is 2. The smallest absolute Gasteiger partial charge is 0.253 e. The van der Waals surface area contributed by atoms with Crippen LogP contribution >= 0.6 is 0 Å². The van der Waals surface area contributed by atoms with Crippen molar-refractivity contribution >= 4 is 11.8 Å². The van der Waals surface area contributed by atoms with Gasteiger partial charge in [-0.2, -0.15) is 0 Å². The van der Waals surface area contributed by atoms with Crippen LogP contribution < -0.4 is 0 Å². The highest BCUT2D eigenvalue weighted by Gasteiger charge is 2.43. The summed E-state index contributed by atoms with van der Waals surface area (Å²) in [5, 5.41) is 0. The highest BCUT2D eigenvalue weighted by molar-refractivity contribution is 5.94. The van der Waals surface area contributed by atoms with Crippen LogP contribution in [0.5, 0.6) is 0 Å². The molecular weight excluding hydrogens is 328 g/mol. The molecule has 4 rings (SSSR count). The first kappa shape index (κ1) is 17.5. The number of likely N-dealkylation sites (tertiary alicyclic amines) is 1. The summed E-state index contributed by atoms with van der Waals surface area (Å²) in [6.07, 6.45) is 6.50. The van der Waals surface area contributed by atoms with E-state index in [2.05, 4.69) is 4.90 Å². The summed E-state index contributed by atoms with van der Waals surface area (Å²) < 4.78 is 6.40. The maximum Gasteiger partial charge on any atom is 0.253 e. The highest BCUT2D eigenvalue weighted by Crippen LogP contribution is 2.37. The molecule has 0 saturated carbocycles. The summed E-state index contributed by atoms with van der Waals surface area (Å²) in [5.41, 5.74) is 0.764. The minimum absolute atomic E-state index is 0.122. The predicted octanol–water partition coefficient (Wildman–Crippen LogP) is 2.85. The number of ether oxygens (including phenoxy) is 1. The zero-order chi connectivity index (χ0) is 18.1. The first-order valence-electron chi connectivity index (χ1n) is 9.90. The van der Waals surface area contributed by atoms with Gasteiger partial charge in [-0.3, -0.25) is 9.59 Å².